The molecular weight excluding hydrogens is 298 g/mol. The van der Waals surface area contributed by atoms with E-state index in [1.54, 1.807) is 6.26 Å². The van der Waals surface area contributed by atoms with Gasteiger partial charge in [0.2, 0.25) is 0 Å². The summed E-state index contributed by atoms with van der Waals surface area (Å²) >= 11 is 0. The Hall–Kier alpha value is -3.14. The lowest BCUT2D eigenvalue weighted by atomic mass is 10.1. The Morgan fingerprint density at radius 1 is 0.875 bits per heavy atom. The number of aryl methyl sites for hydroxylation is 1. The number of aromatic nitrogens is 2. The third kappa shape index (κ3) is 2.52. The lowest BCUT2D eigenvalue weighted by molar-refractivity contribution is 0.577. The molecule has 0 saturated carbocycles. The zero-order valence-electron chi connectivity index (χ0n) is 13.6. The number of hydrogen-bond acceptors (Lipinski definition) is 4. The molecule has 0 radical (unpaired) electrons. The number of hydrogen-bond donors (Lipinski definition) is 1. The first-order chi connectivity index (χ1) is 11.7. The number of furan rings is 1. The third-order valence-corrected chi connectivity index (χ3v) is 4.20. The van der Waals surface area contributed by atoms with Gasteiger partial charge >= 0.3 is 0 Å². The van der Waals surface area contributed by atoms with Crippen LogP contribution >= 0.6 is 0 Å². The van der Waals surface area contributed by atoms with Crippen LogP contribution in [0.3, 0.4) is 0 Å². The molecule has 4 nitrogen and oxygen atoms in total. The summed E-state index contributed by atoms with van der Waals surface area (Å²) in [7, 11) is 0. The van der Waals surface area contributed by atoms with E-state index in [4.69, 9.17) is 9.40 Å². The third-order valence-electron chi connectivity index (χ3n) is 4.20. The van der Waals surface area contributed by atoms with Crippen molar-refractivity contribution in [2.75, 3.05) is 5.32 Å². The van der Waals surface area contributed by atoms with E-state index in [0.717, 1.165) is 22.4 Å². The van der Waals surface area contributed by atoms with Crippen LogP contribution in [-0.2, 0) is 0 Å². The van der Waals surface area contributed by atoms with Crippen molar-refractivity contribution >= 4 is 22.4 Å². The molecule has 1 N–H and O–H groups in total. The van der Waals surface area contributed by atoms with Gasteiger partial charge in [0.15, 0.2) is 11.6 Å². The van der Waals surface area contributed by atoms with Crippen molar-refractivity contribution in [3.8, 4) is 11.6 Å². The van der Waals surface area contributed by atoms with Crippen LogP contribution in [0.1, 0.15) is 11.1 Å². The number of fused-ring (bicyclic) bond motifs is 1. The highest BCUT2D eigenvalue weighted by molar-refractivity contribution is 5.92. The zero-order chi connectivity index (χ0) is 16.5. The van der Waals surface area contributed by atoms with Gasteiger partial charge in [-0.25, -0.2) is 9.97 Å². The van der Waals surface area contributed by atoms with Crippen LogP contribution < -0.4 is 5.32 Å². The Morgan fingerprint density at radius 3 is 2.58 bits per heavy atom. The van der Waals surface area contributed by atoms with Gasteiger partial charge in [0, 0.05) is 11.1 Å². The van der Waals surface area contributed by atoms with Crippen molar-refractivity contribution in [2.24, 2.45) is 0 Å². The van der Waals surface area contributed by atoms with Crippen LogP contribution in [0.15, 0.2) is 65.3 Å². The fourth-order valence-electron chi connectivity index (χ4n) is 2.70. The Kier molecular flexibility index (Phi) is 3.50. The molecule has 0 aliphatic rings. The second-order valence-corrected chi connectivity index (χ2v) is 5.76. The average Bonchev–Trinajstić information content (AvgIpc) is 3.13. The van der Waals surface area contributed by atoms with Crippen LogP contribution in [0.4, 0.5) is 11.5 Å². The van der Waals surface area contributed by atoms with Gasteiger partial charge in [0.05, 0.1) is 11.8 Å². The molecule has 4 heteroatoms. The van der Waals surface area contributed by atoms with Crippen molar-refractivity contribution in [3.63, 3.8) is 0 Å². The Labute approximate surface area is 140 Å². The van der Waals surface area contributed by atoms with Crippen molar-refractivity contribution in [1.29, 1.82) is 0 Å². The molecule has 2 aromatic heterocycles. The molecule has 2 heterocycles. The van der Waals surface area contributed by atoms with Crippen LogP contribution in [0.2, 0.25) is 0 Å². The largest absolute Gasteiger partial charge is 0.461 e. The van der Waals surface area contributed by atoms with E-state index < -0.39 is 0 Å². The fraction of sp³-hybridized carbons (Fsp3) is 0.100. The first-order valence-corrected chi connectivity index (χ1v) is 7.86. The molecule has 0 saturated heterocycles. The molecule has 2 aromatic carbocycles. The van der Waals surface area contributed by atoms with Gasteiger partial charge in [-0.15, -0.1) is 0 Å². The van der Waals surface area contributed by atoms with E-state index in [-0.39, 0.29) is 0 Å². The van der Waals surface area contributed by atoms with Crippen LogP contribution in [0.25, 0.3) is 22.5 Å². The first kappa shape index (κ1) is 14.5. The fourth-order valence-corrected chi connectivity index (χ4v) is 2.70. The molecule has 0 aliphatic carbocycles. The summed E-state index contributed by atoms with van der Waals surface area (Å²) in [5, 5.41) is 4.45. The maximum Gasteiger partial charge on any atom is 0.198 e. The Morgan fingerprint density at radius 2 is 1.75 bits per heavy atom. The smallest absolute Gasteiger partial charge is 0.198 e. The molecule has 24 heavy (non-hydrogen) atoms. The van der Waals surface area contributed by atoms with Gasteiger partial charge in [-0.05, 0) is 55.3 Å². The summed E-state index contributed by atoms with van der Waals surface area (Å²) in [5.41, 5.74) is 4.38. The Balaban J connectivity index is 1.88. The molecule has 0 amide bonds. The minimum absolute atomic E-state index is 0.575. The molecule has 0 spiro atoms. The first-order valence-electron chi connectivity index (χ1n) is 7.86. The average molecular weight is 315 g/mol. The van der Waals surface area contributed by atoms with Crippen LogP contribution in [-0.4, -0.2) is 9.97 Å². The molecule has 4 aromatic rings. The van der Waals surface area contributed by atoms with Gasteiger partial charge < -0.3 is 9.73 Å². The van der Waals surface area contributed by atoms with E-state index >= 15 is 0 Å². The van der Waals surface area contributed by atoms with E-state index in [9.17, 15) is 0 Å². The molecule has 0 aliphatic heterocycles. The summed E-state index contributed by atoms with van der Waals surface area (Å²) in [6.07, 6.45) is 1.63. The molecule has 0 bridgehead atoms. The molecule has 118 valence electrons. The maximum atomic E-state index is 5.46. The van der Waals surface area contributed by atoms with Crippen LogP contribution in [0, 0.1) is 13.8 Å². The van der Waals surface area contributed by atoms with Gasteiger partial charge in [-0.2, -0.15) is 0 Å². The van der Waals surface area contributed by atoms with Gasteiger partial charge in [0.25, 0.3) is 0 Å². The quantitative estimate of drug-likeness (QED) is 0.561. The number of benzene rings is 2. The van der Waals surface area contributed by atoms with Crippen LogP contribution in [0.5, 0.6) is 0 Å². The highest BCUT2D eigenvalue weighted by Gasteiger charge is 2.12. The Bertz CT molecular complexity index is 1010. The van der Waals surface area contributed by atoms with Crippen molar-refractivity contribution in [1.82, 2.24) is 9.97 Å². The monoisotopic (exact) mass is 315 g/mol. The van der Waals surface area contributed by atoms with Gasteiger partial charge in [-0.1, -0.05) is 24.3 Å². The number of nitrogens with one attached hydrogen (secondary N) is 1. The number of para-hydroxylation sites is 1. The minimum Gasteiger partial charge on any atom is -0.461 e. The lowest BCUT2D eigenvalue weighted by Crippen LogP contribution is -2.00. The van der Waals surface area contributed by atoms with Crippen molar-refractivity contribution in [2.45, 2.75) is 13.8 Å². The second-order valence-electron chi connectivity index (χ2n) is 5.76. The molecule has 0 fully saturated rings. The maximum absolute atomic E-state index is 5.46. The predicted octanol–water partition coefficient (Wildman–Crippen LogP) is 5.25. The second kappa shape index (κ2) is 5.81. The van der Waals surface area contributed by atoms with Crippen molar-refractivity contribution < 1.29 is 4.42 Å². The summed E-state index contributed by atoms with van der Waals surface area (Å²) in [4.78, 5) is 9.31. The SMILES string of the molecule is Cc1cccc(Nc2nc(-c3ccco3)nc3ccccc23)c1C. The molecule has 0 unspecified atom stereocenters. The number of nitrogens with zero attached hydrogens (tertiary/aromatic N) is 2. The highest BCUT2D eigenvalue weighted by atomic mass is 16.3. The lowest BCUT2D eigenvalue weighted by Gasteiger charge is -2.13. The van der Waals surface area contributed by atoms with E-state index in [1.807, 2.05) is 42.5 Å². The van der Waals surface area contributed by atoms with E-state index in [0.29, 0.717) is 11.6 Å². The summed E-state index contributed by atoms with van der Waals surface area (Å²) < 4.78 is 5.46. The normalized spacial score (nSPS) is 10.9. The number of rotatable bonds is 3. The molecule has 4 rings (SSSR count). The van der Waals surface area contributed by atoms with E-state index in [1.165, 1.54) is 11.1 Å². The van der Waals surface area contributed by atoms with Gasteiger partial charge in [-0.3, -0.25) is 0 Å². The molecular formula is C20H17N3O. The summed E-state index contributed by atoms with van der Waals surface area (Å²) in [6, 6.07) is 17.9. The topological polar surface area (TPSA) is 51.0 Å². The predicted molar refractivity (Wildman–Crippen MR) is 96.4 cm³/mol. The van der Waals surface area contributed by atoms with E-state index in [2.05, 4.69) is 36.3 Å². The van der Waals surface area contributed by atoms with Crippen molar-refractivity contribution in [3.05, 3.63) is 72.0 Å². The minimum atomic E-state index is 0.575. The standard InChI is InChI=1S/C20H17N3O/c1-13-7-5-10-16(14(13)2)21-19-15-8-3-4-9-17(15)22-20(23-19)18-11-6-12-24-18/h3-12H,1-2H3,(H,21,22,23). The number of anilines is 2. The zero-order valence-corrected chi connectivity index (χ0v) is 13.6. The summed E-state index contributed by atoms with van der Waals surface area (Å²) in [6.45, 7) is 4.21. The molecule has 0 atom stereocenters. The highest BCUT2D eigenvalue weighted by Crippen LogP contribution is 2.29. The summed E-state index contributed by atoms with van der Waals surface area (Å²) in [5.74, 6) is 2.01. The van der Waals surface area contributed by atoms with Gasteiger partial charge in [0.1, 0.15) is 5.82 Å².